The van der Waals surface area contributed by atoms with Crippen molar-refractivity contribution in [1.82, 2.24) is 4.98 Å². The monoisotopic (exact) mass is 192 g/mol. The predicted molar refractivity (Wildman–Crippen MR) is 52.2 cm³/mol. The smallest absolute Gasteiger partial charge is 0.339 e. The summed E-state index contributed by atoms with van der Waals surface area (Å²) in [6, 6.07) is 4.08. The van der Waals surface area contributed by atoms with Crippen LogP contribution in [0.4, 0.5) is 5.82 Å². The first-order chi connectivity index (χ1) is 6.79. The van der Waals surface area contributed by atoms with Crippen LogP contribution in [0.25, 0.3) is 0 Å². The minimum atomic E-state index is -0.351. The van der Waals surface area contributed by atoms with Crippen LogP contribution in [0.15, 0.2) is 18.3 Å². The van der Waals surface area contributed by atoms with E-state index in [1.165, 1.54) is 26.1 Å². The second-order valence-corrected chi connectivity index (χ2v) is 3.34. The van der Waals surface area contributed by atoms with Gasteiger partial charge in [-0.05, 0) is 25.0 Å². The van der Waals surface area contributed by atoms with Gasteiger partial charge >= 0.3 is 5.97 Å². The number of anilines is 1. The van der Waals surface area contributed by atoms with Crippen molar-refractivity contribution in [2.45, 2.75) is 18.9 Å². The largest absolute Gasteiger partial charge is 0.465 e. The number of carbonyl (C=O) groups is 1. The van der Waals surface area contributed by atoms with Gasteiger partial charge < -0.3 is 10.1 Å². The molecule has 0 saturated heterocycles. The highest BCUT2D eigenvalue weighted by atomic mass is 16.5. The highest BCUT2D eigenvalue weighted by Gasteiger charge is 2.21. The molecule has 0 amide bonds. The fourth-order valence-corrected chi connectivity index (χ4v) is 1.15. The van der Waals surface area contributed by atoms with Crippen molar-refractivity contribution in [1.29, 1.82) is 0 Å². The van der Waals surface area contributed by atoms with Crippen LogP contribution < -0.4 is 5.32 Å². The third-order valence-corrected chi connectivity index (χ3v) is 2.11. The van der Waals surface area contributed by atoms with E-state index >= 15 is 0 Å². The van der Waals surface area contributed by atoms with E-state index in [1.807, 2.05) is 0 Å². The lowest BCUT2D eigenvalue weighted by Gasteiger charge is -2.03. The topological polar surface area (TPSA) is 51.2 Å². The molecular formula is C10H12N2O2. The Kier molecular flexibility index (Phi) is 2.35. The first-order valence-electron chi connectivity index (χ1n) is 4.60. The average molecular weight is 192 g/mol. The molecule has 2 rings (SSSR count). The van der Waals surface area contributed by atoms with Crippen LogP contribution in [0, 0.1) is 0 Å². The number of ether oxygens (including phenoxy) is 1. The van der Waals surface area contributed by atoms with Crippen LogP contribution in [0.3, 0.4) is 0 Å². The molecule has 1 aromatic rings. The zero-order chi connectivity index (χ0) is 9.97. The van der Waals surface area contributed by atoms with Gasteiger partial charge in [0.2, 0.25) is 0 Å². The van der Waals surface area contributed by atoms with E-state index in [0.29, 0.717) is 11.6 Å². The molecule has 1 fully saturated rings. The van der Waals surface area contributed by atoms with Crippen molar-refractivity contribution in [3.63, 3.8) is 0 Å². The van der Waals surface area contributed by atoms with E-state index in [0.717, 1.165) is 5.82 Å². The van der Waals surface area contributed by atoms with Gasteiger partial charge in [0.05, 0.1) is 12.7 Å². The van der Waals surface area contributed by atoms with Gasteiger partial charge in [0.1, 0.15) is 5.82 Å². The molecule has 1 N–H and O–H groups in total. The lowest BCUT2D eigenvalue weighted by Crippen LogP contribution is -2.05. The first-order valence-corrected chi connectivity index (χ1v) is 4.60. The molecule has 0 atom stereocenters. The van der Waals surface area contributed by atoms with E-state index in [1.54, 1.807) is 12.1 Å². The summed E-state index contributed by atoms with van der Waals surface area (Å²) in [5, 5.41) is 3.24. The second kappa shape index (κ2) is 3.65. The van der Waals surface area contributed by atoms with Crippen LogP contribution in [-0.2, 0) is 4.74 Å². The van der Waals surface area contributed by atoms with Gasteiger partial charge in [-0.1, -0.05) is 0 Å². The number of pyridine rings is 1. The fraction of sp³-hybridized carbons (Fsp3) is 0.400. The van der Waals surface area contributed by atoms with Crippen molar-refractivity contribution in [3.8, 4) is 0 Å². The maximum atomic E-state index is 11.1. The second-order valence-electron chi connectivity index (χ2n) is 3.34. The Morgan fingerprint density at radius 2 is 2.36 bits per heavy atom. The van der Waals surface area contributed by atoms with Gasteiger partial charge in [-0.25, -0.2) is 9.78 Å². The molecule has 0 unspecified atom stereocenters. The van der Waals surface area contributed by atoms with E-state index in [-0.39, 0.29) is 5.97 Å². The Morgan fingerprint density at radius 1 is 1.57 bits per heavy atom. The number of methoxy groups -OCH3 is 1. The number of aromatic nitrogens is 1. The summed E-state index contributed by atoms with van der Waals surface area (Å²) >= 11 is 0. The van der Waals surface area contributed by atoms with Gasteiger partial charge in [-0.15, -0.1) is 0 Å². The molecule has 0 aliphatic heterocycles. The van der Waals surface area contributed by atoms with E-state index in [9.17, 15) is 4.79 Å². The number of esters is 1. The quantitative estimate of drug-likeness (QED) is 0.736. The van der Waals surface area contributed by atoms with Gasteiger partial charge in [-0.3, -0.25) is 0 Å². The van der Waals surface area contributed by atoms with E-state index in [2.05, 4.69) is 15.0 Å². The van der Waals surface area contributed by atoms with Gasteiger partial charge in [0.25, 0.3) is 0 Å². The molecule has 0 bridgehead atoms. The van der Waals surface area contributed by atoms with Crippen LogP contribution in [-0.4, -0.2) is 24.1 Å². The Bertz CT molecular complexity index is 330. The number of rotatable bonds is 3. The Morgan fingerprint density at radius 3 is 2.86 bits per heavy atom. The van der Waals surface area contributed by atoms with Crippen LogP contribution in [0.5, 0.6) is 0 Å². The molecule has 1 aliphatic rings. The lowest BCUT2D eigenvalue weighted by atomic mass is 10.3. The minimum Gasteiger partial charge on any atom is -0.465 e. The molecule has 0 spiro atoms. The number of hydrogen-bond donors (Lipinski definition) is 1. The number of hydrogen-bond acceptors (Lipinski definition) is 4. The molecule has 1 aromatic heterocycles. The zero-order valence-corrected chi connectivity index (χ0v) is 7.99. The van der Waals surface area contributed by atoms with Crippen molar-refractivity contribution in [3.05, 3.63) is 23.9 Å². The Labute approximate surface area is 82.3 Å². The molecule has 74 valence electrons. The highest BCUT2D eigenvalue weighted by Crippen LogP contribution is 2.23. The molecular weight excluding hydrogens is 180 g/mol. The van der Waals surface area contributed by atoms with Gasteiger partial charge in [-0.2, -0.15) is 0 Å². The number of nitrogens with zero attached hydrogens (tertiary/aromatic N) is 1. The van der Waals surface area contributed by atoms with Gasteiger partial charge in [0.15, 0.2) is 0 Å². The molecule has 1 heterocycles. The third kappa shape index (κ3) is 2.02. The van der Waals surface area contributed by atoms with Gasteiger partial charge in [0, 0.05) is 12.2 Å². The first kappa shape index (κ1) is 8.99. The highest BCUT2D eigenvalue weighted by molar-refractivity contribution is 5.89. The Hall–Kier alpha value is -1.58. The summed E-state index contributed by atoms with van der Waals surface area (Å²) in [6.45, 7) is 0. The minimum absolute atomic E-state index is 0.351. The Balaban J connectivity index is 2.04. The molecule has 4 nitrogen and oxygen atoms in total. The van der Waals surface area contributed by atoms with Crippen molar-refractivity contribution >= 4 is 11.8 Å². The summed E-state index contributed by atoms with van der Waals surface area (Å²) in [5.41, 5.74) is 0.480. The SMILES string of the molecule is COC(=O)c1ccc(NC2CC2)nc1. The molecule has 4 heteroatoms. The molecule has 1 aliphatic carbocycles. The summed E-state index contributed by atoms with van der Waals surface area (Å²) in [7, 11) is 1.36. The zero-order valence-electron chi connectivity index (χ0n) is 7.99. The van der Waals surface area contributed by atoms with E-state index < -0.39 is 0 Å². The van der Waals surface area contributed by atoms with Crippen molar-refractivity contribution < 1.29 is 9.53 Å². The fourth-order valence-electron chi connectivity index (χ4n) is 1.15. The van der Waals surface area contributed by atoms with Crippen LogP contribution >= 0.6 is 0 Å². The molecule has 1 saturated carbocycles. The summed E-state index contributed by atoms with van der Waals surface area (Å²) in [5.74, 6) is 0.468. The van der Waals surface area contributed by atoms with Crippen molar-refractivity contribution in [2.75, 3.05) is 12.4 Å². The summed E-state index contributed by atoms with van der Waals surface area (Å²) in [6.07, 6.45) is 3.94. The summed E-state index contributed by atoms with van der Waals surface area (Å²) < 4.78 is 4.57. The summed E-state index contributed by atoms with van der Waals surface area (Å²) in [4.78, 5) is 15.2. The van der Waals surface area contributed by atoms with E-state index in [4.69, 9.17) is 0 Å². The third-order valence-electron chi connectivity index (χ3n) is 2.11. The molecule has 0 aromatic carbocycles. The maximum absolute atomic E-state index is 11.1. The normalized spacial score (nSPS) is 14.9. The molecule has 14 heavy (non-hydrogen) atoms. The average Bonchev–Trinajstić information content (AvgIpc) is 3.02. The standard InChI is InChI=1S/C10H12N2O2/c1-14-10(13)7-2-5-9(11-6-7)12-8-3-4-8/h2,5-6,8H,3-4H2,1H3,(H,11,12). The predicted octanol–water partition coefficient (Wildman–Crippen LogP) is 1.44. The number of nitrogens with one attached hydrogen (secondary N) is 1. The van der Waals surface area contributed by atoms with Crippen molar-refractivity contribution in [2.24, 2.45) is 0 Å². The number of carbonyl (C=O) groups excluding carboxylic acids is 1. The van der Waals surface area contributed by atoms with Crippen LogP contribution in [0.2, 0.25) is 0 Å². The lowest BCUT2D eigenvalue weighted by molar-refractivity contribution is 0.0600. The maximum Gasteiger partial charge on any atom is 0.339 e. The molecule has 0 radical (unpaired) electrons. The van der Waals surface area contributed by atoms with Crippen LogP contribution in [0.1, 0.15) is 23.2 Å².